The second-order valence-corrected chi connectivity index (χ2v) is 8.52. The van der Waals surface area contributed by atoms with Crippen molar-refractivity contribution < 1.29 is 32.0 Å². The highest BCUT2D eigenvalue weighted by Crippen LogP contribution is 2.83. The summed E-state index contributed by atoms with van der Waals surface area (Å²) in [4.78, 5) is 0. The number of ether oxygens (including phenoxy) is 1. The van der Waals surface area contributed by atoms with Gasteiger partial charge in [0.15, 0.2) is 0 Å². The standard InChI is InChI=1S/C10H22O7P2/c1-5-14-18(11,15-6-2)10(9-13-10)19(12,16-7-3)17-8-4/h5-9H2,1-4H3. The van der Waals surface area contributed by atoms with E-state index in [1.54, 1.807) is 27.7 Å². The molecular weight excluding hydrogens is 294 g/mol. The Balaban J connectivity index is 3.11. The Kier molecular flexibility index (Phi) is 6.21. The monoisotopic (exact) mass is 316 g/mol. The summed E-state index contributed by atoms with van der Waals surface area (Å²) < 4.78 is 51.6. The van der Waals surface area contributed by atoms with E-state index in [2.05, 4.69) is 0 Å². The number of rotatable bonds is 10. The molecule has 0 spiro atoms. The zero-order chi connectivity index (χ0) is 14.6. The van der Waals surface area contributed by atoms with Gasteiger partial charge in [-0.1, -0.05) is 0 Å². The van der Waals surface area contributed by atoms with Gasteiger partial charge < -0.3 is 22.8 Å². The van der Waals surface area contributed by atoms with E-state index in [1.807, 2.05) is 0 Å². The van der Waals surface area contributed by atoms with E-state index in [9.17, 15) is 9.13 Å². The third-order valence-electron chi connectivity index (χ3n) is 2.45. The van der Waals surface area contributed by atoms with E-state index in [0.29, 0.717) is 0 Å². The first kappa shape index (κ1) is 17.3. The van der Waals surface area contributed by atoms with Gasteiger partial charge in [0, 0.05) is 0 Å². The highest BCUT2D eigenvalue weighted by atomic mass is 31.2. The molecule has 1 heterocycles. The zero-order valence-electron chi connectivity index (χ0n) is 11.8. The van der Waals surface area contributed by atoms with Crippen LogP contribution in [0.5, 0.6) is 0 Å². The third-order valence-corrected chi connectivity index (χ3v) is 8.54. The molecule has 0 saturated carbocycles. The second-order valence-electron chi connectivity index (χ2n) is 3.70. The van der Waals surface area contributed by atoms with E-state index < -0.39 is 20.3 Å². The second kappa shape index (κ2) is 6.81. The van der Waals surface area contributed by atoms with Crippen LogP contribution < -0.4 is 0 Å². The largest absolute Gasteiger partial charge is 0.377 e. The van der Waals surface area contributed by atoms with Gasteiger partial charge in [-0.05, 0) is 27.7 Å². The minimum absolute atomic E-state index is 0.0262. The van der Waals surface area contributed by atoms with Gasteiger partial charge in [-0.25, -0.2) is 0 Å². The molecule has 0 aromatic heterocycles. The van der Waals surface area contributed by atoms with Crippen molar-refractivity contribution in [1.29, 1.82) is 0 Å². The Labute approximate surface area is 114 Å². The lowest BCUT2D eigenvalue weighted by Crippen LogP contribution is -2.20. The van der Waals surface area contributed by atoms with Crippen LogP contribution in [0.2, 0.25) is 0 Å². The van der Waals surface area contributed by atoms with Gasteiger partial charge in [-0.15, -0.1) is 0 Å². The van der Waals surface area contributed by atoms with Crippen LogP contribution in [0.15, 0.2) is 0 Å². The molecule has 0 atom stereocenters. The van der Waals surface area contributed by atoms with Crippen LogP contribution in [0.4, 0.5) is 0 Å². The summed E-state index contributed by atoms with van der Waals surface area (Å²) in [6.07, 6.45) is 0. The average Bonchev–Trinajstić information content (AvgIpc) is 3.12. The maximum atomic E-state index is 12.8. The van der Waals surface area contributed by atoms with Crippen molar-refractivity contribution in [2.75, 3.05) is 33.0 Å². The molecular formula is C10H22O7P2. The molecule has 0 bridgehead atoms. The summed E-state index contributed by atoms with van der Waals surface area (Å²) in [5.41, 5.74) is 0. The fourth-order valence-electron chi connectivity index (χ4n) is 1.69. The van der Waals surface area contributed by atoms with Gasteiger partial charge in [0.05, 0.1) is 26.4 Å². The molecule has 114 valence electrons. The van der Waals surface area contributed by atoms with Gasteiger partial charge in [0.25, 0.3) is 5.08 Å². The van der Waals surface area contributed by atoms with Crippen molar-refractivity contribution in [1.82, 2.24) is 0 Å². The first-order chi connectivity index (χ1) is 8.95. The van der Waals surface area contributed by atoms with E-state index in [1.165, 1.54) is 0 Å². The number of epoxide rings is 1. The topological polar surface area (TPSA) is 83.6 Å². The van der Waals surface area contributed by atoms with E-state index in [0.717, 1.165) is 0 Å². The predicted molar refractivity (Wildman–Crippen MR) is 70.4 cm³/mol. The van der Waals surface area contributed by atoms with Crippen LogP contribution in [0.25, 0.3) is 0 Å². The molecule has 0 amide bonds. The minimum Gasteiger partial charge on any atom is -0.346 e. The highest BCUT2D eigenvalue weighted by molar-refractivity contribution is 7.74. The first-order valence-electron chi connectivity index (χ1n) is 6.37. The Morgan fingerprint density at radius 2 is 1.11 bits per heavy atom. The molecule has 1 aliphatic rings. The van der Waals surface area contributed by atoms with Gasteiger partial charge in [0.2, 0.25) is 0 Å². The molecule has 0 aromatic rings. The smallest absolute Gasteiger partial charge is 0.346 e. The minimum atomic E-state index is -3.73. The molecule has 7 nitrogen and oxygen atoms in total. The molecule has 1 saturated heterocycles. The van der Waals surface area contributed by atoms with Crippen molar-refractivity contribution in [3.05, 3.63) is 0 Å². The van der Waals surface area contributed by atoms with Crippen LogP contribution in [0, 0.1) is 0 Å². The van der Waals surface area contributed by atoms with Crippen LogP contribution in [-0.2, 0) is 32.0 Å². The summed E-state index contributed by atoms with van der Waals surface area (Å²) in [5.74, 6) is 0. The molecule has 9 heteroatoms. The summed E-state index contributed by atoms with van der Waals surface area (Å²) in [5, 5.41) is -1.61. The summed E-state index contributed by atoms with van der Waals surface area (Å²) in [6.45, 7) is 7.29. The van der Waals surface area contributed by atoms with E-state index in [-0.39, 0.29) is 33.0 Å². The van der Waals surface area contributed by atoms with Crippen LogP contribution in [0.3, 0.4) is 0 Å². The van der Waals surface area contributed by atoms with Crippen molar-refractivity contribution in [2.45, 2.75) is 32.8 Å². The van der Waals surface area contributed by atoms with Crippen LogP contribution >= 0.6 is 15.2 Å². The van der Waals surface area contributed by atoms with Gasteiger partial charge in [-0.3, -0.25) is 9.13 Å². The quantitative estimate of drug-likeness (QED) is 0.452. The molecule has 0 aromatic carbocycles. The maximum absolute atomic E-state index is 12.8. The van der Waals surface area contributed by atoms with Crippen LogP contribution in [0.1, 0.15) is 27.7 Å². The van der Waals surface area contributed by atoms with Crippen molar-refractivity contribution in [3.8, 4) is 0 Å². The first-order valence-corrected chi connectivity index (χ1v) is 9.46. The molecule has 1 fully saturated rings. The van der Waals surface area contributed by atoms with E-state index in [4.69, 9.17) is 22.8 Å². The molecule has 0 unspecified atom stereocenters. The third kappa shape index (κ3) is 3.13. The number of hydrogen-bond acceptors (Lipinski definition) is 7. The highest BCUT2D eigenvalue weighted by Gasteiger charge is 2.76. The van der Waals surface area contributed by atoms with Gasteiger partial charge in [-0.2, -0.15) is 0 Å². The Morgan fingerprint density at radius 3 is 1.26 bits per heavy atom. The summed E-state index contributed by atoms with van der Waals surface area (Å²) in [6, 6.07) is 0. The van der Waals surface area contributed by atoms with E-state index >= 15 is 0 Å². The Hall–Kier alpha value is 0.260. The summed E-state index contributed by atoms with van der Waals surface area (Å²) >= 11 is 0. The Bertz CT molecular complexity index is 328. The lowest BCUT2D eigenvalue weighted by Gasteiger charge is -2.28. The normalized spacial score (nSPS) is 18.5. The molecule has 19 heavy (non-hydrogen) atoms. The van der Waals surface area contributed by atoms with Crippen molar-refractivity contribution in [3.63, 3.8) is 0 Å². The predicted octanol–water partition coefficient (Wildman–Crippen LogP) is 3.20. The molecule has 1 rings (SSSR count). The molecule has 0 radical (unpaired) electrons. The number of hydrogen-bond donors (Lipinski definition) is 0. The zero-order valence-corrected chi connectivity index (χ0v) is 13.6. The Morgan fingerprint density at radius 1 is 0.842 bits per heavy atom. The fourth-order valence-corrected chi connectivity index (χ4v) is 6.66. The molecule has 1 aliphatic heterocycles. The lowest BCUT2D eigenvalue weighted by molar-refractivity contribution is 0.171. The van der Waals surface area contributed by atoms with Crippen molar-refractivity contribution in [2.24, 2.45) is 0 Å². The van der Waals surface area contributed by atoms with Gasteiger partial charge in [0.1, 0.15) is 6.61 Å². The average molecular weight is 316 g/mol. The molecule has 0 N–H and O–H groups in total. The lowest BCUT2D eigenvalue weighted by atomic mass is 10.9. The maximum Gasteiger partial charge on any atom is 0.377 e. The van der Waals surface area contributed by atoms with Crippen molar-refractivity contribution >= 4 is 15.2 Å². The fraction of sp³-hybridized carbons (Fsp3) is 1.00. The SMILES string of the molecule is CCOP(=O)(OCC)C1(P(=O)(OCC)OCC)CO1. The van der Waals surface area contributed by atoms with Gasteiger partial charge >= 0.3 is 15.2 Å². The summed E-state index contributed by atoms with van der Waals surface area (Å²) in [7, 11) is -7.45. The molecule has 0 aliphatic carbocycles. The van der Waals surface area contributed by atoms with Crippen LogP contribution in [-0.4, -0.2) is 38.1 Å².